The van der Waals surface area contributed by atoms with Gasteiger partial charge in [0.1, 0.15) is 0 Å². The maximum atomic E-state index is 6.08. The minimum Gasteiger partial charge on any atom is -0.249 e. The van der Waals surface area contributed by atoms with Crippen LogP contribution in [0.1, 0.15) is 43.7 Å². The summed E-state index contributed by atoms with van der Waals surface area (Å²) in [5.74, 6) is 1.48. The lowest BCUT2D eigenvalue weighted by molar-refractivity contribution is 0.470. The second-order valence-electron chi connectivity index (χ2n) is 17.9. The zero-order valence-electron chi connectivity index (χ0n) is 44.5. The van der Waals surface area contributed by atoms with Crippen LogP contribution in [0.5, 0.6) is 0 Å². The summed E-state index contributed by atoms with van der Waals surface area (Å²) in [6, 6.07) is 21.5. The molecule has 0 saturated heterocycles. The highest BCUT2D eigenvalue weighted by molar-refractivity contribution is 7.88. The van der Waals surface area contributed by atoms with Gasteiger partial charge in [-0.05, 0) is 187 Å². The molecule has 0 fully saturated rings. The third-order valence-electron chi connectivity index (χ3n) is 10.7. The van der Waals surface area contributed by atoms with Crippen LogP contribution >= 0.6 is 37.9 Å². The van der Waals surface area contributed by atoms with Gasteiger partial charge >= 0.3 is 7.87 Å². The topological polar surface area (TPSA) is 88.3 Å². The summed E-state index contributed by atoms with van der Waals surface area (Å²) in [7, 11) is 36.8. The molecule has 0 saturated carbocycles. The Balaban J connectivity index is 0.000000903. The van der Waals surface area contributed by atoms with Crippen LogP contribution in [0.15, 0.2) is 78.7 Å². The molecule has 21 heteroatoms. The first kappa shape index (κ1) is 60.2. The van der Waals surface area contributed by atoms with Crippen molar-refractivity contribution in [3.05, 3.63) is 77.7 Å². The van der Waals surface area contributed by atoms with E-state index in [1.54, 1.807) is 0 Å². The summed E-state index contributed by atoms with van der Waals surface area (Å²) in [5.41, 5.74) is 2.72. The Morgan fingerprint density at radius 3 is 0.730 bits per heavy atom. The van der Waals surface area contributed by atoms with Gasteiger partial charge in [-0.3, -0.25) is 0 Å². The third kappa shape index (κ3) is 13.9. The smallest absolute Gasteiger partial charge is 0.249 e. The highest BCUT2D eigenvalue weighted by Gasteiger charge is 2.56. The monoisotopic (exact) mass is 977 g/mol. The Bertz CT molecular complexity index is 1530. The van der Waals surface area contributed by atoms with E-state index in [0.717, 1.165) is 0 Å². The molecule has 0 heterocycles. The first-order chi connectivity index (χ1) is 29.1. The highest BCUT2D eigenvalue weighted by Crippen LogP contribution is 2.86. The van der Waals surface area contributed by atoms with Crippen molar-refractivity contribution >= 4 is 37.9 Å². The van der Waals surface area contributed by atoms with E-state index in [1.165, 1.54) is 42.7 Å². The third-order valence-corrected chi connectivity index (χ3v) is 31.2. The van der Waals surface area contributed by atoms with Crippen LogP contribution in [0.2, 0.25) is 0 Å². The zero-order chi connectivity index (χ0) is 48.9. The van der Waals surface area contributed by atoms with Gasteiger partial charge < -0.3 is 0 Å². The molecule has 0 aliphatic carbocycles. The summed E-state index contributed by atoms with van der Waals surface area (Å²) in [6.07, 6.45) is 5.03. The van der Waals surface area contributed by atoms with Crippen LogP contribution in [-0.2, 0) is 0 Å². The molecule has 2 aromatic carbocycles. The first-order valence-corrected chi connectivity index (χ1v) is 29.6. The number of rotatable bonds is 22. The molecular formula is C42H93N16P5. The van der Waals surface area contributed by atoms with Gasteiger partial charge in [-0.25, -0.2) is 56.0 Å². The molecule has 0 bridgehead atoms. The van der Waals surface area contributed by atoms with Crippen molar-refractivity contribution in [1.82, 2.24) is 56.0 Å². The van der Waals surface area contributed by atoms with E-state index < -0.39 is 37.9 Å². The first-order valence-electron chi connectivity index (χ1n) is 21.6. The van der Waals surface area contributed by atoms with E-state index in [-0.39, 0.29) is 0 Å². The Morgan fingerprint density at radius 1 is 0.349 bits per heavy atom. The van der Waals surface area contributed by atoms with E-state index in [0.29, 0.717) is 0 Å². The minimum absolute atomic E-state index is 1.17. The fourth-order valence-electron chi connectivity index (χ4n) is 8.29. The van der Waals surface area contributed by atoms with Crippen molar-refractivity contribution in [1.29, 1.82) is 0 Å². The molecule has 2 rings (SSSR count). The predicted molar refractivity (Wildman–Crippen MR) is 287 cm³/mol. The van der Waals surface area contributed by atoms with Crippen molar-refractivity contribution in [2.75, 3.05) is 169 Å². The van der Waals surface area contributed by atoms with Gasteiger partial charge in [-0.1, -0.05) is 69.0 Å². The zero-order valence-corrected chi connectivity index (χ0v) is 49.0. The Hall–Kier alpha value is -0.820. The molecule has 0 aliphatic rings. The average molecular weight is 977 g/mol. The molecule has 0 aliphatic heterocycles. The molecule has 63 heavy (non-hydrogen) atoms. The molecule has 0 radical (unpaired) electrons. The quantitative estimate of drug-likeness (QED) is 0.0640. The van der Waals surface area contributed by atoms with Gasteiger partial charge in [0.05, 0.1) is 0 Å². The van der Waals surface area contributed by atoms with Crippen LogP contribution in [-0.4, -0.2) is 225 Å². The lowest BCUT2D eigenvalue weighted by Crippen LogP contribution is -2.33. The average Bonchev–Trinajstić information content (AvgIpc) is 3.18. The van der Waals surface area contributed by atoms with Gasteiger partial charge in [-0.15, -0.1) is 41.3 Å². The van der Waals surface area contributed by atoms with Crippen LogP contribution in [0, 0.1) is 5.92 Å². The van der Waals surface area contributed by atoms with Gasteiger partial charge in [-0.2, -0.15) is 0 Å². The molecule has 2 aromatic rings. The fraction of sp³-hybridized carbons (Fsp3) is 0.690. The Labute approximate surface area is 390 Å². The summed E-state index contributed by atoms with van der Waals surface area (Å²) in [5, 5.41) is 0. The van der Waals surface area contributed by atoms with Crippen molar-refractivity contribution in [3.63, 3.8) is 0 Å². The van der Waals surface area contributed by atoms with Crippen LogP contribution in [0.25, 0.3) is 0 Å². The van der Waals surface area contributed by atoms with Gasteiger partial charge in [0, 0.05) is 0 Å². The lowest BCUT2D eigenvalue weighted by Gasteiger charge is -2.44. The molecule has 0 N–H and O–H groups in total. The van der Waals surface area contributed by atoms with E-state index in [4.69, 9.17) is 18.1 Å². The second kappa shape index (κ2) is 26.1. The molecule has 0 amide bonds. The predicted octanol–water partition coefficient (Wildman–Crippen LogP) is 10.4. The molecule has 0 aromatic heterocycles. The van der Waals surface area contributed by atoms with E-state index in [1.807, 2.05) is 0 Å². The Morgan fingerprint density at radius 2 is 0.556 bits per heavy atom. The Kier molecular flexibility index (Phi) is 24.9. The fourth-order valence-corrected chi connectivity index (χ4v) is 32.5. The molecule has 16 nitrogen and oxygen atoms in total. The van der Waals surface area contributed by atoms with Gasteiger partial charge in [0.15, 0.2) is 0 Å². The van der Waals surface area contributed by atoms with Crippen LogP contribution in [0.3, 0.4) is 0 Å². The summed E-state index contributed by atoms with van der Waals surface area (Å²) >= 11 is 0. The second-order valence-corrected chi connectivity index (χ2v) is 35.7. The lowest BCUT2D eigenvalue weighted by atomic mass is 9.87. The molecule has 0 unspecified atom stereocenters. The molecule has 366 valence electrons. The SMILES string of the molecule is CCCCC[C-](c1ccccc1)c1ccccc1.CN(C)P(=N[P+](N=P(N(C)C)(N(C)C)N(C)C)(N=P(N(C)C)(N(C)C)N(C)C)N=P(N(C)C)(N(C)C)N(C)C)(N(C)C)N(C)C. The number of nitrogens with zero attached hydrogens (tertiary/aromatic N) is 16. The van der Waals surface area contributed by atoms with Gasteiger partial charge in [0.2, 0.25) is 30.0 Å². The van der Waals surface area contributed by atoms with Crippen LogP contribution in [0.4, 0.5) is 0 Å². The van der Waals surface area contributed by atoms with Crippen LogP contribution < -0.4 is 0 Å². The van der Waals surface area contributed by atoms with Crippen molar-refractivity contribution in [2.24, 2.45) is 18.1 Å². The number of benzene rings is 2. The number of hydrogen-bond donors (Lipinski definition) is 0. The minimum atomic E-state index is -3.43. The maximum absolute atomic E-state index is 6.08. The largest absolute Gasteiger partial charge is 0.502 e. The van der Waals surface area contributed by atoms with Crippen molar-refractivity contribution in [3.8, 4) is 0 Å². The molecule has 0 spiro atoms. The summed E-state index contributed by atoms with van der Waals surface area (Å²) < 4.78 is 51.2. The highest BCUT2D eigenvalue weighted by atomic mass is 31.3. The number of hydrogen-bond acceptors (Lipinski definition) is 4. The van der Waals surface area contributed by atoms with E-state index >= 15 is 0 Å². The van der Waals surface area contributed by atoms with Crippen molar-refractivity contribution in [2.45, 2.75) is 32.6 Å². The van der Waals surface area contributed by atoms with E-state index in [9.17, 15) is 0 Å². The normalized spacial score (nSPS) is 13.5. The van der Waals surface area contributed by atoms with Gasteiger partial charge in [0.25, 0.3) is 0 Å². The molecule has 0 atom stereocenters. The number of unbranched alkanes of at least 4 members (excludes halogenated alkanes) is 2. The summed E-state index contributed by atoms with van der Waals surface area (Å²) in [4.78, 5) is 0. The molecular weight excluding hydrogens is 883 g/mol. The van der Waals surface area contributed by atoms with E-state index in [2.05, 4.69) is 293 Å². The summed E-state index contributed by atoms with van der Waals surface area (Å²) in [6.45, 7) is 2.25. The van der Waals surface area contributed by atoms with Crippen molar-refractivity contribution < 1.29 is 0 Å². The maximum Gasteiger partial charge on any atom is 0.502 e. The standard InChI is InChI=1S/C24H72N16P5.C18H21/c1-29(2)42(30(3)4,31(5)6)25-41(26-43(32(7)8,33(9)10)34(11)12,27-44(35(13)14,36(15)16)37(17)18)28-45(38(19)20,39(21)22)40(23)24;1-2-3-6-15-18(16-11-7-4-8-12-16)17-13-9-5-10-14-17/h1-24H3;4-5,7-14H,2-3,6,15H2,1H3/q+1;-1.